The molecule has 1 aromatic carbocycles. The molecule has 4 nitrogen and oxygen atoms in total. The fraction of sp³-hybridized carbons (Fsp3) is 0.538. The molecule has 2 unspecified atom stereocenters. The van der Waals surface area contributed by atoms with Crippen LogP contribution < -0.4 is 4.90 Å². The minimum absolute atomic E-state index is 0.182. The van der Waals surface area contributed by atoms with Crippen LogP contribution in [0.3, 0.4) is 0 Å². The Balaban J connectivity index is 2.40. The van der Waals surface area contributed by atoms with Crippen LogP contribution in [0.25, 0.3) is 0 Å². The maximum absolute atomic E-state index is 13.5. The number of rotatable bonds is 3. The molecule has 1 heterocycles. The molecule has 1 fully saturated rings. The summed E-state index contributed by atoms with van der Waals surface area (Å²) in [7, 11) is 0. The maximum atomic E-state index is 13.5. The minimum Gasteiger partial charge on any atom is -0.366 e. The first-order chi connectivity index (χ1) is 8.52. The number of benzene rings is 1. The second-order valence-electron chi connectivity index (χ2n) is 4.82. The molecule has 0 amide bonds. The Morgan fingerprint density at radius 2 is 2.17 bits per heavy atom. The lowest BCUT2D eigenvalue weighted by molar-refractivity contribution is -0.385. The summed E-state index contributed by atoms with van der Waals surface area (Å²) in [5.74, 6) is -0.548. The van der Waals surface area contributed by atoms with Gasteiger partial charge in [0.25, 0.3) is 5.69 Å². The van der Waals surface area contributed by atoms with E-state index in [1.54, 1.807) is 0 Å². The Morgan fingerprint density at radius 1 is 1.44 bits per heavy atom. The van der Waals surface area contributed by atoms with Crippen molar-refractivity contribution < 1.29 is 9.31 Å². The lowest BCUT2D eigenvalue weighted by Crippen LogP contribution is -2.34. The van der Waals surface area contributed by atoms with Crippen LogP contribution in [0.4, 0.5) is 15.8 Å². The van der Waals surface area contributed by atoms with E-state index in [2.05, 4.69) is 18.7 Å². The van der Waals surface area contributed by atoms with Crippen molar-refractivity contribution in [2.45, 2.75) is 45.2 Å². The molecule has 2 atom stereocenters. The molecule has 18 heavy (non-hydrogen) atoms. The number of nitrogens with zero attached hydrogens (tertiary/aromatic N) is 2. The van der Waals surface area contributed by atoms with Gasteiger partial charge in [0.1, 0.15) is 5.82 Å². The first-order valence-corrected chi connectivity index (χ1v) is 6.26. The smallest absolute Gasteiger partial charge is 0.274 e. The highest BCUT2D eigenvalue weighted by Gasteiger charge is 2.30. The molecule has 1 aromatic rings. The molecule has 0 spiro atoms. The zero-order chi connectivity index (χ0) is 13.3. The highest BCUT2D eigenvalue weighted by molar-refractivity contribution is 5.55. The molecular weight excluding hydrogens is 235 g/mol. The van der Waals surface area contributed by atoms with E-state index >= 15 is 0 Å². The van der Waals surface area contributed by atoms with Crippen molar-refractivity contribution >= 4 is 11.4 Å². The zero-order valence-corrected chi connectivity index (χ0v) is 10.6. The monoisotopic (exact) mass is 252 g/mol. The van der Waals surface area contributed by atoms with E-state index in [1.807, 2.05) is 0 Å². The van der Waals surface area contributed by atoms with Crippen LogP contribution in [-0.4, -0.2) is 17.0 Å². The van der Waals surface area contributed by atoms with Crippen molar-refractivity contribution in [1.82, 2.24) is 0 Å². The third-order valence-corrected chi connectivity index (χ3v) is 3.63. The van der Waals surface area contributed by atoms with Crippen molar-refractivity contribution in [3.63, 3.8) is 0 Å². The van der Waals surface area contributed by atoms with Crippen LogP contribution in [0.15, 0.2) is 18.2 Å². The molecule has 0 aliphatic carbocycles. The molecule has 5 heteroatoms. The predicted octanol–water partition coefficient (Wildman–Crippen LogP) is 3.50. The average molecular weight is 252 g/mol. The van der Waals surface area contributed by atoms with E-state index < -0.39 is 10.7 Å². The van der Waals surface area contributed by atoms with Crippen molar-refractivity contribution in [3.05, 3.63) is 34.1 Å². The van der Waals surface area contributed by atoms with E-state index in [-0.39, 0.29) is 5.69 Å². The van der Waals surface area contributed by atoms with Gasteiger partial charge in [0.05, 0.1) is 11.0 Å². The summed E-state index contributed by atoms with van der Waals surface area (Å²) in [6.07, 6.45) is 3.07. The third-order valence-electron chi connectivity index (χ3n) is 3.63. The Kier molecular flexibility index (Phi) is 3.50. The number of nitro benzene ring substituents is 1. The van der Waals surface area contributed by atoms with Crippen LogP contribution in [0, 0.1) is 15.9 Å². The third kappa shape index (κ3) is 2.30. The first-order valence-electron chi connectivity index (χ1n) is 6.26. The minimum atomic E-state index is -0.548. The Hall–Kier alpha value is -1.65. The SMILES string of the molecule is CCC1CCC(C)N1c1cc(F)cc([N+](=O)[O-])c1. The number of hydrogen-bond acceptors (Lipinski definition) is 3. The largest absolute Gasteiger partial charge is 0.366 e. The summed E-state index contributed by atoms with van der Waals surface area (Å²) < 4.78 is 13.5. The van der Waals surface area contributed by atoms with Crippen molar-refractivity contribution in [2.24, 2.45) is 0 Å². The average Bonchev–Trinajstić information content (AvgIpc) is 2.69. The molecule has 0 saturated carbocycles. The number of halogens is 1. The van der Waals surface area contributed by atoms with E-state index in [1.165, 1.54) is 12.1 Å². The van der Waals surface area contributed by atoms with Crippen LogP contribution in [0.5, 0.6) is 0 Å². The van der Waals surface area contributed by atoms with Crippen molar-refractivity contribution in [1.29, 1.82) is 0 Å². The van der Waals surface area contributed by atoms with Gasteiger partial charge in [-0.05, 0) is 32.3 Å². The van der Waals surface area contributed by atoms with Crippen LogP contribution >= 0.6 is 0 Å². The quantitative estimate of drug-likeness (QED) is 0.611. The van der Waals surface area contributed by atoms with Crippen LogP contribution in [0.2, 0.25) is 0 Å². The second-order valence-corrected chi connectivity index (χ2v) is 4.82. The van der Waals surface area contributed by atoms with Crippen molar-refractivity contribution in [3.8, 4) is 0 Å². The summed E-state index contributed by atoms with van der Waals surface area (Å²) in [4.78, 5) is 12.3. The molecule has 1 aliphatic heterocycles. The summed E-state index contributed by atoms with van der Waals surface area (Å²) in [6.45, 7) is 4.16. The molecule has 0 aromatic heterocycles. The van der Waals surface area contributed by atoms with Gasteiger partial charge in [-0.1, -0.05) is 6.92 Å². The topological polar surface area (TPSA) is 46.4 Å². The Bertz CT molecular complexity index is 464. The number of anilines is 1. The normalized spacial score (nSPS) is 23.4. The second kappa shape index (κ2) is 4.92. The van der Waals surface area contributed by atoms with Gasteiger partial charge < -0.3 is 4.90 Å². The van der Waals surface area contributed by atoms with Gasteiger partial charge in [-0.3, -0.25) is 10.1 Å². The number of non-ortho nitro benzene ring substituents is 1. The van der Waals surface area contributed by atoms with Crippen LogP contribution in [-0.2, 0) is 0 Å². The van der Waals surface area contributed by atoms with Gasteiger partial charge in [-0.2, -0.15) is 0 Å². The fourth-order valence-corrected chi connectivity index (χ4v) is 2.75. The molecule has 98 valence electrons. The summed E-state index contributed by atoms with van der Waals surface area (Å²) in [5, 5.41) is 10.8. The summed E-state index contributed by atoms with van der Waals surface area (Å²) >= 11 is 0. The lowest BCUT2D eigenvalue weighted by Gasteiger charge is -2.30. The lowest BCUT2D eigenvalue weighted by atomic mass is 10.1. The van der Waals surface area contributed by atoms with Gasteiger partial charge in [-0.15, -0.1) is 0 Å². The van der Waals surface area contributed by atoms with Gasteiger partial charge in [0, 0.05) is 23.8 Å². The van der Waals surface area contributed by atoms with Gasteiger partial charge in [0.15, 0.2) is 0 Å². The van der Waals surface area contributed by atoms with Gasteiger partial charge in [0.2, 0.25) is 0 Å². The highest BCUT2D eigenvalue weighted by atomic mass is 19.1. The molecule has 0 radical (unpaired) electrons. The number of hydrogen-bond donors (Lipinski definition) is 0. The predicted molar refractivity (Wildman–Crippen MR) is 68.3 cm³/mol. The van der Waals surface area contributed by atoms with E-state index in [4.69, 9.17) is 0 Å². The number of nitro groups is 1. The molecule has 2 rings (SSSR count). The van der Waals surface area contributed by atoms with E-state index in [0.717, 1.165) is 25.3 Å². The summed E-state index contributed by atoms with van der Waals surface area (Å²) in [5.41, 5.74) is 0.442. The van der Waals surface area contributed by atoms with Crippen LogP contribution in [0.1, 0.15) is 33.1 Å². The standard InChI is InChI=1S/C13H17FN2O2/c1-3-11-5-4-9(2)15(11)12-6-10(14)7-13(8-12)16(17)18/h6-9,11H,3-5H2,1-2H3. The fourth-order valence-electron chi connectivity index (χ4n) is 2.75. The first kappa shape index (κ1) is 12.8. The molecular formula is C13H17FN2O2. The van der Waals surface area contributed by atoms with Crippen molar-refractivity contribution in [2.75, 3.05) is 4.90 Å². The van der Waals surface area contributed by atoms with Gasteiger partial charge in [-0.25, -0.2) is 4.39 Å². The Labute approximate surface area is 106 Å². The molecule has 1 aliphatic rings. The zero-order valence-electron chi connectivity index (χ0n) is 10.6. The molecule has 1 saturated heterocycles. The van der Waals surface area contributed by atoms with E-state index in [0.29, 0.717) is 17.8 Å². The van der Waals surface area contributed by atoms with E-state index in [9.17, 15) is 14.5 Å². The summed E-state index contributed by atoms with van der Waals surface area (Å²) in [6, 6.07) is 4.47. The molecule has 0 bridgehead atoms. The highest BCUT2D eigenvalue weighted by Crippen LogP contribution is 2.34. The van der Waals surface area contributed by atoms with Gasteiger partial charge >= 0.3 is 0 Å². The molecule has 0 N–H and O–H groups in total. The Morgan fingerprint density at radius 3 is 2.78 bits per heavy atom. The maximum Gasteiger partial charge on any atom is 0.274 e.